The molecule has 1 aliphatic carbocycles. The maximum Gasteiger partial charge on any atom is 0.321 e. The summed E-state index contributed by atoms with van der Waals surface area (Å²) in [4.78, 5) is 13.3. The summed E-state index contributed by atoms with van der Waals surface area (Å²) in [7, 11) is 0. The molecule has 2 fully saturated rings. The molecule has 0 radical (unpaired) electrons. The number of carboxylic acids is 1. The van der Waals surface area contributed by atoms with Gasteiger partial charge in [-0.15, -0.1) is 0 Å². The van der Waals surface area contributed by atoms with E-state index in [0.29, 0.717) is 24.6 Å². The Labute approximate surface area is 116 Å². The molecule has 0 amide bonds. The number of aliphatic carboxylic acids is 1. The van der Waals surface area contributed by atoms with Crippen molar-refractivity contribution >= 4 is 5.97 Å². The molecule has 1 heterocycles. The number of nitrogens with zero attached hydrogens (tertiary/aromatic N) is 1. The van der Waals surface area contributed by atoms with Gasteiger partial charge in [-0.05, 0) is 42.4 Å². The van der Waals surface area contributed by atoms with Crippen LogP contribution < -0.4 is 0 Å². The molecular formula is C15H17F2NO2. The summed E-state index contributed by atoms with van der Waals surface area (Å²) in [5.74, 6) is -1.46. The van der Waals surface area contributed by atoms with E-state index in [1.54, 1.807) is 0 Å². The van der Waals surface area contributed by atoms with Crippen LogP contribution in [0.5, 0.6) is 0 Å². The number of rotatable bonds is 3. The molecule has 1 saturated carbocycles. The zero-order chi connectivity index (χ0) is 14.3. The topological polar surface area (TPSA) is 40.5 Å². The fourth-order valence-corrected chi connectivity index (χ4v) is 3.83. The second-order valence-corrected chi connectivity index (χ2v) is 5.85. The van der Waals surface area contributed by atoms with Crippen molar-refractivity contribution in [3.63, 3.8) is 0 Å². The van der Waals surface area contributed by atoms with E-state index in [-0.39, 0.29) is 5.92 Å². The van der Waals surface area contributed by atoms with Crippen LogP contribution in [-0.2, 0) is 11.3 Å². The van der Waals surface area contributed by atoms with Gasteiger partial charge in [-0.2, -0.15) is 0 Å². The minimum Gasteiger partial charge on any atom is -0.480 e. The van der Waals surface area contributed by atoms with Crippen LogP contribution in [0.25, 0.3) is 0 Å². The van der Waals surface area contributed by atoms with Gasteiger partial charge >= 0.3 is 5.97 Å². The van der Waals surface area contributed by atoms with Crippen LogP contribution in [0.1, 0.15) is 24.8 Å². The first-order valence-electron chi connectivity index (χ1n) is 6.96. The molecule has 1 aliphatic heterocycles. The molecule has 0 spiro atoms. The monoisotopic (exact) mass is 281 g/mol. The fraction of sp³-hybridized carbons (Fsp3) is 0.533. The van der Waals surface area contributed by atoms with E-state index in [1.165, 1.54) is 12.1 Å². The Bertz CT molecular complexity index is 514. The summed E-state index contributed by atoms with van der Waals surface area (Å²) < 4.78 is 26.4. The zero-order valence-corrected chi connectivity index (χ0v) is 11.1. The van der Waals surface area contributed by atoms with Crippen LogP contribution in [0, 0.1) is 23.5 Å². The molecule has 3 nitrogen and oxygen atoms in total. The van der Waals surface area contributed by atoms with Gasteiger partial charge in [0.15, 0.2) is 0 Å². The van der Waals surface area contributed by atoms with Crippen molar-refractivity contribution in [2.24, 2.45) is 11.8 Å². The van der Waals surface area contributed by atoms with Gasteiger partial charge in [0.05, 0.1) is 0 Å². The molecule has 1 saturated heterocycles. The molecule has 5 heteroatoms. The van der Waals surface area contributed by atoms with Gasteiger partial charge in [-0.25, -0.2) is 8.78 Å². The second kappa shape index (κ2) is 5.13. The molecule has 108 valence electrons. The Morgan fingerprint density at radius 1 is 1.25 bits per heavy atom. The van der Waals surface area contributed by atoms with Crippen LogP contribution in [-0.4, -0.2) is 28.6 Å². The summed E-state index contributed by atoms with van der Waals surface area (Å²) in [5, 5.41) is 9.43. The lowest BCUT2D eigenvalue weighted by atomic mass is 9.94. The number of carboxylic acid groups (broad SMARTS) is 1. The largest absolute Gasteiger partial charge is 0.480 e. The highest BCUT2D eigenvalue weighted by molar-refractivity contribution is 5.74. The third-order valence-electron chi connectivity index (χ3n) is 4.55. The van der Waals surface area contributed by atoms with E-state index >= 15 is 0 Å². The van der Waals surface area contributed by atoms with Gasteiger partial charge in [0.1, 0.15) is 17.7 Å². The molecule has 20 heavy (non-hydrogen) atoms. The summed E-state index contributed by atoms with van der Waals surface area (Å²) >= 11 is 0. The lowest BCUT2D eigenvalue weighted by Gasteiger charge is -2.24. The van der Waals surface area contributed by atoms with Gasteiger partial charge < -0.3 is 5.11 Å². The first-order valence-corrected chi connectivity index (χ1v) is 6.96. The normalized spacial score (nSPS) is 29.6. The third kappa shape index (κ3) is 2.42. The van der Waals surface area contributed by atoms with E-state index in [9.17, 15) is 18.7 Å². The summed E-state index contributed by atoms with van der Waals surface area (Å²) in [5.41, 5.74) is 0.494. The summed E-state index contributed by atoms with van der Waals surface area (Å²) in [6, 6.07) is 2.86. The molecule has 1 aromatic carbocycles. The predicted molar refractivity (Wildman–Crippen MR) is 69.0 cm³/mol. The highest BCUT2D eigenvalue weighted by Crippen LogP contribution is 2.42. The van der Waals surface area contributed by atoms with E-state index in [4.69, 9.17) is 0 Å². The van der Waals surface area contributed by atoms with Crippen molar-refractivity contribution in [3.05, 3.63) is 35.4 Å². The van der Waals surface area contributed by atoms with E-state index in [2.05, 4.69) is 0 Å². The second-order valence-electron chi connectivity index (χ2n) is 5.85. The Morgan fingerprint density at radius 3 is 2.60 bits per heavy atom. The van der Waals surface area contributed by atoms with Gasteiger partial charge in [-0.1, -0.05) is 6.42 Å². The van der Waals surface area contributed by atoms with E-state index in [0.717, 1.165) is 25.3 Å². The number of halogens is 2. The summed E-state index contributed by atoms with van der Waals surface area (Å²) in [6.45, 7) is 0.998. The minimum absolute atomic E-state index is 0.186. The smallest absolute Gasteiger partial charge is 0.321 e. The van der Waals surface area contributed by atoms with Gasteiger partial charge in [0, 0.05) is 19.2 Å². The maximum absolute atomic E-state index is 13.2. The van der Waals surface area contributed by atoms with Gasteiger partial charge in [-0.3, -0.25) is 9.69 Å². The third-order valence-corrected chi connectivity index (χ3v) is 4.55. The molecule has 3 unspecified atom stereocenters. The van der Waals surface area contributed by atoms with Crippen LogP contribution in [0.2, 0.25) is 0 Å². The van der Waals surface area contributed by atoms with Crippen molar-refractivity contribution in [2.45, 2.75) is 31.8 Å². The predicted octanol–water partition coefficient (Wildman–Crippen LogP) is 2.65. The number of carbonyl (C=O) groups is 1. The van der Waals surface area contributed by atoms with E-state index in [1.807, 2.05) is 4.90 Å². The first-order chi connectivity index (χ1) is 9.54. The van der Waals surface area contributed by atoms with Crippen LogP contribution in [0.15, 0.2) is 18.2 Å². The average Bonchev–Trinajstić information content (AvgIpc) is 2.86. The quantitative estimate of drug-likeness (QED) is 0.926. The van der Waals surface area contributed by atoms with Crippen molar-refractivity contribution in [1.82, 2.24) is 4.90 Å². The molecule has 2 aliphatic rings. The molecular weight excluding hydrogens is 264 g/mol. The Morgan fingerprint density at radius 2 is 1.95 bits per heavy atom. The first kappa shape index (κ1) is 13.5. The average molecular weight is 281 g/mol. The molecule has 0 aromatic heterocycles. The highest BCUT2D eigenvalue weighted by atomic mass is 19.1. The van der Waals surface area contributed by atoms with Crippen molar-refractivity contribution in [2.75, 3.05) is 6.54 Å². The van der Waals surface area contributed by atoms with Crippen LogP contribution in [0.4, 0.5) is 8.78 Å². The molecule has 1 N–H and O–H groups in total. The molecule has 0 bridgehead atoms. The lowest BCUT2D eigenvalue weighted by Crippen LogP contribution is -2.39. The lowest BCUT2D eigenvalue weighted by molar-refractivity contribution is -0.143. The Kier molecular flexibility index (Phi) is 3.46. The van der Waals surface area contributed by atoms with Crippen LogP contribution >= 0.6 is 0 Å². The van der Waals surface area contributed by atoms with Crippen molar-refractivity contribution in [1.29, 1.82) is 0 Å². The van der Waals surface area contributed by atoms with E-state index < -0.39 is 23.6 Å². The van der Waals surface area contributed by atoms with Gasteiger partial charge in [0.2, 0.25) is 0 Å². The highest BCUT2D eigenvalue weighted by Gasteiger charge is 2.47. The maximum atomic E-state index is 13.2. The number of benzene rings is 1. The molecule has 3 atom stereocenters. The SMILES string of the molecule is O=C(O)C1C2CCCC2CN1Cc1cc(F)cc(F)c1. The Balaban J connectivity index is 1.81. The Hall–Kier alpha value is -1.49. The van der Waals surface area contributed by atoms with Crippen molar-refractivity contribution < 1.29 is 18.7 Å². The summed E-state index contributed by atoms with van der Waals surface area (Å²) in [6.07, 6.45) is 3.08. The molecule has 1 aromatic rings. The zero-order valence-electron chi connectivity index (χ0n) is 11.1. The standard InChI is InChI=1S/C15H17F2NO2/c16-11-4-9(5-12(17)6-11)7-18-8-10-2-1-3-13(10)14(18)15(19)20/h4-6,10,13-14H,1-3,7-8H2,(H,19,20). The fourth-order valence-electron chi connectivity index (χ4n) is 3.83. The molecule has 3 rings (SSSR count). The van der Waals surface area contributed by atoms with Gasteiger partial charge in [0.25, 0.3) is 0 Å². The number of hydrogen-bond donors (Lipinski definition) is 1. The number of hydrogen-bond acceptors (Lipinski definition) is 2. The van der Waals surface area contributed by atoms with Crippen LogP contribution in [0.3, 0.4) is 0 Å². The minimum atomic E-state index is -0.823. The van der Waals surface area contributed by atoms with Crippen molar-refractivity contribution in [3.8, 4) is 0 Å². The number of fused-ring (bicyclic) bond motifs is 1. The number of likely N-dealkylation sites (tertiary alicyclic amines) is 1.